The molecule has 0 bridgehead atoms. The number of pyridine rings is 1. The third-order valence-corrected chi connectivity index (χ3v) is 10.3. The summed E-state index contributed by atoms with van der Waals surface area (Å²) in [7, 11) is -1.82. The summed E-state index contributed by atoms with van der Waals surface area (Å²) in [6.45, 7) is 16.1. The van der Waals surface area contributed by atoms with Crippen molar-refractivity contribution in [1.82, 2.24) is 9.61 Å². The van der Waals surface area contributed by atoms with E-state index in [0.717, 1.165) is 16.4 Å². The number of hydrogen-bond acceptors (Lipinski definition) is 4. The molecular formula is C19H28BrN3O2Si. The first-order chi connectivity index (χ1) is 11.9. The molecule has 0 aliphatic carbocycles. The van der Waals surface area contributed by atoms with Gasteiger partial charge in [-0.3, -0.25) is 0 Å². The molecule has 0 aliphatic heterocycles. The highest BCUT2D eigenvalue weighted by molar-refractivity contribution is 9.10. The molecule has 0 aliphatic rings. The molecule has 0 atom stereocenters. The molecule has 0 fully saturated rings. The SMILES string of the molecule is CC(C)(CCOc1cc(Br)c2c(C#N)cnn2c1)O[Si](C)(C)C(C)(C)C. The molecule has 7 heteroatoms. The summed E-state index contributed by atoms with van der Waals surface area (Å²) in [5.74, 6) is 0.708. The third-order valence-electron chi connectivity index (χ3n) is 4.97. The van der Waals surface area contributed by atoms with E-state index in [1.54, 1.807) is 16.9 Å². The zero-order chi connectivity index (χ0) is 19.8. The minimum absolute atomic E-state index is 0.180. The van der Waals surface area contributed by atoms with Gasteiger partial charge in [0.15, 0.2) is 8.32 Å². The number of aromatic nitrogens is 2. The van der Waals surface area contributed by atoms with Gasteiger partial charge >= 0.3 is 0 Å². The van der Waals surface area contributed by atoms with Crippen molar-refractivity contribution in [2.24, 2.45) is 0 Å². The summed E-state index contributed by atoms with van der Waals surface area (Å²) < 4.78 is 14.9. The molecule has 5 nitrogen and oxygen atoms in total. The molecule has 0 spiro atoms. The predicted molar refractivity (Wildman–Crippen MR) is 110 cm³/mol. The van der Waals surface area contributed by atoms with Gasteiger partial charge in [0.05, 0.1) is 35.7 Å². The van der Waals surface area contributed by atoms with Crippen molar-refractivity contribution >= 4 is 29.8 Å². The van der Waals surface area contributed by atoms with Crippen LogP contribution >= 0.6 is 15.9 Å². The predicted octanol–water partition coefficient (Wildman–Crippen LogP) is 5.54. The van der Waals surface area contributed by atoms with Gasteiger partial charge in [0.1, 0.15) is 11.8 Å². The van der Waals surface area contributed by atoms with Crippen LogP contribution in [0.1, 0.15) is 46.6 Å². The molecule has 2 rings (SSSR count). The Hall–Kier alpha value is -1.36. The number of fused-ring (bicyclic) bond motifs is 1. The van der Waals surface area contributed by atoms with Gasteiger partial charge in [0, 0.05) is 10.9 Å². The standard InChI is InChI=1S/C19H28BrN3O2Si/c1-18(2,3)26(6,7)25-19(4,5)8-9-24-15-10-16(20)17-14(11-21)12-22-23(17)13-15/h10,12-13H,8-9H2,1-7H3. The lowest BCUT2D eigenvalue weighted by molar-refractivity contribution is 0.0660. The fourth-order valence-corrected chi connectivity index (χ4v) is 4.93. The van der Waals surface area contributed by atoms with Crippen molar-refractivity contribution < 1.29 is 9.16 Å². The van der Waals surface area contributed by atoms with Crippen molar-refractivity contribution in [2.45, 2.75) is 64.8 Å². The van der Waals surface area contributed by atoms with Crippen LogP contribution in [-0.4, -0.2) is 30.1 Å². The van der Waals surface area contributed by atoms with E-state index >= 15 is 0 Å². The smallest absolute Gasteiger partial charge is 0.192 e. The van der Waals surface area contributed by atoms with Gasteiger partial charge in [0.2, 0.25) is 0 Å². The molecule has 0 aromatic carbocycles. The minimum Gasteiger partial charge on any atom is -0.492 e. The van der Waals surface area contributed by atoms with Gasteiger partial charge in [0.25, 0.3) is 0 Å². The second-order valence-electron chi connectivity index (χ2n) is 8.71. The summed E-state index contributed by atoms with van der Waals surface area (Å²) >= 11 is 3.50. The summed E-state index contributed by atoms with van der Waals surface area (Å²) in [4.78, 5) is 0. The van der Waals surface area contributed by atoms with Gasteiger partial charge in [-0.15, -0.1) is 0 Å². The lowest BCUT2D eigenvalue weighted by atomic mass is 10.1. The lowest BCUT2D eigenvalue weighted by Crippen LogP contribution is -2.47. The fraction of sp³-hybridized carbons (Fsp3) is 0.579. The average molecular weight is 438 g/mol. The van der Waals surface area contributed by atoms with Crippen LogP contribution in [0.25, 0.3) is 5.52 Å². The second kappa shape index (κ2) is 7.33. The summed E-state index contributed by atoms with van der Waals surface area (Å²) in [5.41, 5.74) is 1.04. The minimum atomic E-state index is -1.82. The first-order valence-corrected chi connectivity index (χ1v) is 12.5. The van der Waals surface area contributed by atoms with E-state index in [1.165, 1.54) is 0 Å². The van der Waals surface area contributed by atoms with E-state index in [2.05, 4.69) is 74.8 Å². The molecule has 142 valence electrons. The van der Waals surface area contributed by atoms with Crippen molar-refractivity contribution in [3.8, 4) is 11.8 Å². The number of ether oxygens (including phenoxy) is 1. The molecule has 0 saturated heterocycles. The van der Waals surface area contributed by atoms with Crippen LogP contribution in [0.5, 0.6) is 5.75 Å². The lowest BCUT2D eigenvalue weighted by Gasteiger charge is -2.42. The van der Waals surface area contributed by atoms with Crippen LogP contribution in [0, 0.1) is 11.3 Å². The van der Waals surface area contributed by atoms with E-state index in [4.69, 9.17) is 14.4 Å². The zero-order valence-corrected chi connectivity index (χ0v) is 19.3. The van der Waals surface area contributed by atoms with Gasteiger partial charge in [-0.25, -0.2) is 4.52 Å². The fourth-order valence-electron chi connectivity index (χ4n) is 2.52. The molecular weight excluding hydrogens is 410 g/mol. The Labute approximate surface area is 165 Å². The van der Waals surface area contributed by atoms with E-state index in [0.29, 0.717) is 17.9 Å². The Bertz CT molecular complexity index is 832. The van der Waals surface area contributed by atoms with Gasteiger partial charge < -0.3 is 9.16 Å². The van der Waals surface area contributed by atoms with Crippen LogP contribution in [0.15, 0.2) is 22.9 Å². The van der Waals surface area contributed by atoms with Crippen LogP contribution in [-0.2, 0) is 4.43 Å². The summed E-state index contributed by atoms with van der Waals surface area (Å²) in [6.07, 6.45) is 4.14. The molecule has 0 amide bonds. The first-order valence-electron chi connectivity index (χ1n) is 8.76. The molecule has 0 saturated carbocycles. The van der Waals surface area contributed by atoms with Crippen LogP contribution in [0.2, 0.25) is 18.1 Å². The topological polar surface area (TPSA) is 59.5 Å². The highest BCUT2D eigenvalue weighted by Gasteiger charge is 2.41. The Balaban J connectivity index is 2.03. The van der Waals surface area contributed by atoms with Crippen molar-refractivity contribution in [3.05, 3.63) is 28.5 Å². The van der Waals surface area contributed by atoms with Crippen molar-refractivity contribution in [3.63, 3.8) is 0 Å². The average Bonchev–Trinajstić information content (AvgIpc) is 2.88. The summed E-state index contributed by atoms with van der Waals surface area (Å²) in [5, 5.41) is 13.5. The first kappa shape index (κ1) is 20.9. The Morgan fingerprint density at radius 1 is 1.27 bits per heavy atom. The van der Waals surface area contributed by atoms with Gasteiger partial charge in [-0.2, -0.15) is 10.4 Å². The number of hydrogen-bond donors (Lipinski definition) is 0. The molecule has 0 unspecified atom stereocenters. The van der Waals surface area contributed by atoms with E-state index in [9.17, 15) is 0 Å². The van der Waals surface area contributed by atoms with Crippen LogP contribution in [0.3, 0.4) is 0 Å². The number of nitrogens with zero attached hydrogens (tertiary/aromatic N) is 3. The molecule has 2 aromatic rings. The molecule has 2 heterocycles. The maximum absolute atomic E-state index is 9.13. The summed E-state index contributed by atoms with van der Waals surface area (Å²) in [6, 6.07) is 4.01. The maximum Gasteiger partial charge on any atom is 0.192 e. The van der Waals surface area contributed by atoms with E-state index in [1.807, 2.05) is 6.07 Å². The number of nitriles is 1. The highest BCUT2D eigenvalue weighted by atomic mass is 79.9. The zero-order valence-electron chi connectivity index (χ0n) is 16.7. The van der Waals surface area contributed by atoms with Gasteiger partial charge in [-0.05, 0) is 54.0 Å². The molecule has 26 heavy (non-hydrogen) atoms. The maximum atomic E-state index is 9.13. The van der Waals surface area contributed by atoms with Crippen molar-refractivity contribution in [1.29, 1.82) is 5.26 Å². The Kier molecular flexibility index (Phi) is 5.91. The molecule has 0 radical (unpaired) electrons. The quantitative estimate of drug-likeness (QED) is 0.556. The van der Waals surface area contributed by atoms with Gasteiger partial charge in [-0.1, -0.05) is 20.8 Å². The molecule has 2 aromatic heterocycles. The second-order valence-corrected chi connectivity index (χ2v) is 14.3. The highest BCUT2D eigenvalue weighted by Crippen LogP contribution is 2.39. The largest absolute Gasteiger partial charge is 0.492 e. The van der Waals surface area contributed by atoms with E-state index in [-0.39, 0.29) is 10.6 Å². The number of halogens is 1. The monoisotopic (exact) mass is 437 g/mol. The normalized spacial score (nSPS) is 13.0. The molecule has 0 N–H and O–H groups in total. The van der Waals surface area contributed by atoms with E-state index < -0.39 is 8.32 Å². The van der Waals surface area contributed by atoms with Crippen molar-refractivity contribution in [2.75, 3.05) is 6.61 Å². The Morgan fingerprint density at radius 2 is 1.92 bits per heavy atom. The van der Waals surface area contributed by atoms with Crippen LogP contribution in [0.4, 0.5) is 0 Å². The number of rotatable bonds is 6. The third kappa shape index (κ3) is 4.67. The Morgan fingerprint density at radius 3 is 2.50 bits per heavy atom. The van der Waals surface area contributed by atoms with Crippen LogP contribution < -0.4 is 4.74 Å².